The van der Waals surface area contributed by atoms with Gasteiger partial charge in [-0.05, 0) is 19.9 Å². The molecule has 0 unspecified atom stereocenters. The first-order valence-corrected chi connectivity index (χ1v) is 3.76. The highest BCUT2D eigenvalue weighted by atomic mass is 35.5. The first-order chi connectivity index (χ1) is 5.18. The summed E-state index contributed by atoms with van der Waals surface area (Å²) in [6, 6.07) is 0. The van der Waals surface area contributed by atoms with Crippen LogP contribution in [0.2, 0.25) is 0 Å². The predicted octanol–water partition coefficient (Wildman–Crippen LogP) is 1.62. The Morgan fingerprint density at radius 1 is 1.38 bits per heavy atom. The van der Waals surface area contributed by atoms with Crippen molar-refractivity contribution in [2.24, 2.45) is 0 Å². The molecule has 6 heteroatoms. The number of hydrogen-bond acceptors (Lipinski definition) is 3. The summed E-state index contributed by atoms with van der Waals surface area (Å²) in [5, 5.41) is 8.30. The summed E-state index contributed by atoms with van der Waals surface area (Å²) in [6.45, 7) is 1.86. The highest BCUT2D eigenvalue weighted by Gasteiger charge is 2.19. The van der Waals surface area contributed by atoms with E-state index < -0.39 is 6.16 Å². The summed E-state index contributed by atoms with van der Waals surface area (Å²) < 4.78 is 4.63. The van der Waals surface area contributed by atoms with E-state index in [0.717, 1.165) is 25.9 Å². The van der Waals surface area contributed by atoms with E-state index in [1.54, 1.807) is 0 Å². The summed E-state index contributed by atoms with van der Waals surface area (Å²) in [5.74, 6) is 0. The third kappa shape index (κ3) is 5.96. The average molecular weight is 232 g/mol. The molecule has 1 heterocycles. The van der Waals surface area contributed by atoms with Crippen LogP contribution in [0.4, 0.5) is 4.79 Å². The molecule has 0 saturated carbocycles. The molecule has 4 nitrogen and oxygen atoms in total. The second-order valence-electron chi connectivity index (χ2n) is 2.89. The smallest absolute Gasteiger partial charge is 0.450 e. The maximum atomic E-state index is 10.1. The number of carboxylic acid groups (broad SMARTS) is 1. The van der Waals surface area contributed by atoms with Crippen LogP contribution in [0.5, 0.6) is 0 Å². The van der Waals surface area contributed by atoms with Gasteiger partial charge in [-0.3, -0.25) is 0 Å². The Labute approximate surface area is 90.1 Å². The monoisotopic (exact) mass is 231 g/mol. The van der Waals surface area contributed by atoms with E-state index in [2.05, 4.69) is 9.64 Å². The minimum absolute atomic E-state index is 0. The van der Waals surface area contributed by atoms with Crippen LogP contribution in [0.1, 0.15) is 12.8 Å². The lowest BCUT2D eigenvalue weighted by molar-refractivity contribution is 0.0240. The van der Waals surface area contributed by atoms with Crippen molar-refractivity contribution in [3.05, 3.63) is 0 Å². The highest BCUT2D eigenvalue weighted by Crippen LogP contribution is 2.11. The van der Waals surface area contributed by atoms with Crippen LogP contribution in [0, 0.1) is 0 Å². The second kappa shape index (κ2) is 7.24. The van der Waals surface area contributed by atoms with Crippen molar-refractivity contribution in [3.63, 3.8) is 0 Å². The van der Waals surface area contributed by atoms with Gasteiger partial charge in [-0.25, -0.2) is 4.79 Å². The molecule has 0 radical (unpaired) electrons. The van der Waals surface area contributed by atoms with Gasteiger partial charge < -0.3 is 14.7 Å². The molecular weight excluding hydrogens is 217 g/mol. The SMILES string of the molecule is CN1CCC(OC(=O)O)CC1.Cl.Cl. The molecule has 1 aliphatic rings. The molecule has 0 spiro atoms. The van der Waals surface area contributed by atoms with Crippen LogP contribution in [0.25, 0.3) is 0 Å². The van der Waals surface area contributed by atoms with Gasteiger partial charge in [0.05, 0.1) is 0 Å². The number of halogens is 2. The third-order valence-corrected chi connectivity index (χ3v) is 1.93. The van der Waals surface area contributed by atoms with Crippen LogP contribution in [0.15, 0.2) is 0 Å². The maximum absolute atomic E-state index is 10.1. The van der Waals surface area contributed by atoms with E-state index in [4.69, 9.17) is 5.11 Å². The van der Waals surface area contributed by atoms with E-state index in [1.807, 2.05) is 7.05 Å². The Kier molecular flexibility index (Phi) is 8.51. The van der Waals surface area contributed by atoms with E-state index in [9.17, 15) is 4.79 Å². The molecule has 0 amide bonds. The predicted molar refractivity (Wildman–Crippen MR) is 54.1 cm³/mol. The molecule has 0 aromatic rings. The fraction of sp³-hybridized carbons (Fsp3) is 0.857. The van der Waals surface area contributed by atoms with E-state index in [1.165, 1.54) is 0 Å². The van der Waals surface area contributed by atoms with Crippen molar-refractivity contribution in [3.8, 4) is 0 Å². The van der Waals surface area contributed by atoms with Gasteiger partial charge >= 0.3 is 6.16 Å². The number of ether oxygens (including phenoxy) is 1. The van der Waals surface area contributed by atoms with Gasteiger partial charge in [0.25, 0.3) is 0 Å². The molecule has 1 aliphatic heterocycles. The Balaban J connectivity index is 0. The Bertz CT molecular complexity index is 149. The summed E-state index contributed by atoms with van der Waals surface area (Å²) in [7, 11) is 2.02. The van der Waals surface area contributed by atoms with Crippen molar-refractivity contribution >= 4 is 31.0 Å². The molecule has 0 aromatic carbocycles. The lowest BCUT2D eigenvalue weighted by Gasteiger charge is -2.27. The quantitative estimate of drug-likeness (QED) is 0.698. The fourth-order valence-corrected chi connectivity index (χ4v) is 1.25. The van der Waals surface area contributed by atoms with Gasteiger partial charge in [-0.2, -0.15) is 0 Å². The molecule has 1 N–H and O–H groups in total. The van der Waals surface area contributed by atoms with E-state index in [0.29, 0.717) is 0 Å². The summed E-state index contributed by atoms with van der Waals surface area (Å²) >= 11 is 0. The second-order valence-corrected chi connectivity index (χ2v) is 2.89. The van der Waals surface area contributed by atoms with Crippen molar-refractivity contribution in [1.82, 2.24) is 4.90 Å². The Hall–Kier alpha value is -0.190. The van der Waals surface area contributed by atoms with Crippen LogP contribution < -0.4 is 0 Å². The minimum atomic E-state index is -1.15. The molecule has 1 fully saturated rings. The van der Waals surface area contributed by atoms with Crippen LogP contribution in [0.3, 0.4) is 0 Å². The maximum Gasteiger partial charge on any atom is 0.506 e. The molecule has 80 valence electrons. The van der Waals surface area contributed by atoms with Crippen molar-refractivity contribution in [1.29, 1.82) is 0 Å². The summed E-state index contributed by atoms with van der Waals surface area (Å²) in [5.41, 5.74) is 0. The minimum Gasteiger partial charge on any atom is -0.450 e. The number of hydrogen-bond donors (Lipinski definition) is 1. The first-order valence-electron chi connectivity index (χ1n) is 3.76. The standard InChI is InChI=1S/C7H13NO3.2ClH/c1-8-4-2-6(3-5-8)11-7(9)10;;/h6H,2-5H2,1H3,(H,9,10);2*1H. The molecular formula is C7H15Cl2NO3. The lowest BCUT2D eigenvalue weighted by Crippen LogP contribution is -2.35. The number of likely N-dealkylation sites (tertiary alicyclic amines) is 1. The molecule has 1 saturated heterocycles. The largest absolute Gasteiger partial charge is 0.506 e. The lowest BCUT2D eigenvalue weighted by atomic mass is 10.1. The van der Waals surface area contributed by atoms with Crippen molar-refractivity contribution < 1.29 is 14.6 Å². The molecule has 0 aromatic heterocycles. The average Bonchev–Trinajstić information content (AvgIpc) is 1.93. The van der Waals surface area contributed by atoms with Gasteiger partial charge in [-0.15, -0.1) is 24.8 Å². The molecule has 13 heavy (non-hydrogen) atoms. The van der Waals surface area contributed by atoms with Crippen molar-refractivity contribution in [2.45, 2.75) is 18.9 Å². The van der Waals surface area contributed by atoms with Gasteiger partial charge in [0.15, 0.2) is 0 Å². The molecule has 0 atom stereocenters. The normalized spacial score (nSPS) is 18.2. The zero-order chi connectivity index (χ0) is 8.27. The number of piperidine rings is 1. The van der Waals surface area contributed by atoms with Gasteiger partial charge in [0, 0.05) is 13.1 Å². The first kappa shape index (κ1) is 15.3. The van der Waals surface area contributed by atoms with E-state index >= 15 is 0 Å². The Morgan fingerprint density at radius 3 is 2.23 bits per heavy atom. The topological polar surface area (TPSA) is 49.8 Å². The summed E-state index contributed by atoms with van der Waals surface area (Å²) in [4.78, 5) is 12.3. The molecule has 0 aliphatic carbocycles. The van der Waals surface area contributed by atoms with Crippen LogP contribution >= 0.6 is 24.8 Å². The molecule has 1 rings (SSSR count). The highest BCUT2D eigenvalue weighted by molar-refractivity contribution is 5.85. The van der Waals surface area contributed by atoms with Gasteiger partial charge in [-0.1, -0.05) is 0 Å². The summed E-state index contributed by atoms with van der Waals surface area (Å²) in [6.07, 6.45) is 0.411. The third-order valence-electron chi connectivity index (χ3n) is 1.93. The van der Waals surface area contributed by atoms with Crippen LogP contribution in [-0.4, -0.2) is 42.4 Å². The zero-order valence-corrected chi connectivity index (χ0v) is 9.07. The van der Waals surface area contributed by atoms with E-state index in [-0.39, 0.29) is 30.9 Å². The fourth-order valence-electron chi connectivity index (χ4n) is 1.25. The zero-order valence-electron chi connectivity index (χ0n) is 7.43. The number of carbonyl (C=O) groups is 1. The molecule has 0 bridgehead atoms. The van der Waals surface area contributed by atoms with Crippen LogP contribution in [-0.2, 0) is 4.74 Å². The van der Waals surface area contributed by atoms with Crippen molar-refractivity contribution in [2.75, 3.05) is 20.1 Å². The Morgan fingerprint density at radius 2 is 1.85 bits per heavy atom. The van der Waals surface area contributed by atoms with Gasteiger partial charge in [0.2, 0.25) is 0 Å². The van der Waals surface area contributed by atoms with Gasteiger partial charge in [0.1, 0.15) is 6.10 Å². The number of nitrogens with zero attached hydrogens (tertiary/aromatic N) is 1. The number of rotatable bonds is 1.